The molecule has 0 fully saturated rings. The summed E-state index contributed by atoms with van der Waals surface area (Å²) >= 11 is 0. The molecule has 0 amide bonds. The quantitative estimate of drug-likeness (QED) is 0.248. The van der Waals surface area contributed by atoms with E-state index in [9.17, 15) is 0 Å². The van der Waals surface area contributed by atoms with Crippen molar-refractivity contribution in [1.82, 2.24) is 0 Å². The van der Waals surface area contributed by atoms with Crippen molar-refractivity contribution in [1.29, 1.82) is 0 Å². The van der Waals surface area contributed by atoms with Crippen LogP contribution in [0.25, 0.3) is 0 Å². The fourth-order valence-electron chi connectivity index (χ4n) is 2.26. The highest BCUT2D eigenvalue weighted by Crippen LogP contribution is 2.26. The summed E-state index contributed by atoms with van der Waals surface area (Å²) in [5.41, 5.74) is 0. The van der Waals surface area contributed by atoms with Crippen molar-refractivity contribution in [2.24, 2.45) is 0 Å². The Morgan fingerprint density at radius 2 is 0.792 bits per heavy atom. The molecular formula is C18H42O4Si2. The van der Waals surface area contributed by atoms with Crippen molar-refractivity contribution < 1.29 is 17.7 Å². The second kappa shape index (κ2) is 14.4. The van der Waals surface area contributed by atoms with E-state index >= 15 is 0 Å². The molecule has 6 heteroatoms. The highest BCUT2D eigenvalue weighted by molar-refractivity contribution is 7.31. The van der Waals surface area contributed by atoms with Crippen molar-refractivity contribution in [3.8, 4) is 0 Å². The summed E-state index contributed by atoms with van der Waals surface area (Å²) < 4.78 is 25.5. The predicted octanol–water partition coefficient (Wildman–Crippen LogP) is 5.48. The molecule has 0 aliphatic carbocycles. The summed E-state index contributed by atoms with van der Waals surface area (Å²) in [5.74, 6) is 0. The van der Waals surface area contributed by atoms with Crippen LogP contribution in [0, 0.1) is 0 Å². The van der Waals surface area contributed by atoms with Gasteiger partial charge in [-0.2, -0.15) is 0 Å². The average Bonchev–Trinajstić information content (AvgIpc) is 2.55. The van der Waals surface area contributed by atoms with Crippen LogP contribution in [0.5, 0.6) is 0 Å². The van der Waals surface area contributed by atoms with Gasteiger partial charge in [0, 0.05) is 26.4 Å². The largest absolute Gasteiger partial charge is 0.503 e. The Kier molecular flexibility index (Phi) is 14.6. The van der Waals surface area contributed by atoms with Gasteiger partial charge in [0.2, 0.25) is 0 Å². The van der Waals surface area contributed by atoms with Gasteiger partial charge in [-0.1, -0.05) is 53.4 Å². The van der Waals surface area contributed by atoms with E-state index in [-0.39, 0.29) is 0 Å². The monoisotopic (exact) mass is 378 g/mol. The van der Waals surface area contributed by atoms with Crippen molar-refractivity contribution in [2.75, 3.05) is 26.4 Å². The minimum Gasteiger partial charge on any atom is -0.411 e. The molecule has 0 aliphatic rings. The molecule has 0 aromatic carbocycles. The summed E-state index contributed by atoms with van der Waals surface area (Å²) in [6, 6.07) is 0. The van der Waals surface area contributed by atoms with E-state index in [0.29, 0.717) is 19.8 Å². The smallest absolute Gasteiger partial charge is 0.411 e. The van der Waals surface area contributed by atoms with Crippen LogP contribution in [-0.2, 0) is 17.7 Å². The van der Waals surface area contributed by atoms with Gasteiger partial charge >= 0.3 is 8.32 Å². The van der Waals surface area contributed by atoms with Gasteiger partial charge in [0.05, 0.1) is 0 Å². The minimum atomic E-state index is -2.77. The molecule has 146 valence electrons. The van der Waals surface area contributed by atoms with Crippen LogP contribution >= 0.6 is 0 Å². The molecule has 0 unspecified atom stereocenters. The zero-order chi connectivity index (χ0) is 18.3. The lowest BCUT2D eigenvalue weighted by atomic mass is 10.4. The molecule has 0 saturated heterocycles. The maximum absolute atomic E-state index is 6.39. The van der Waals surface area contributed by atoms with Gasteiger partial charge in [-0.25, -0.2) is 0 Å². The summed E-state index contributed by atoms with van der Waals surface area (Å²) in [5, 5.41) is 0. The lowest BCUT2D eigenvalue weighted by Crippen LogP contribution is -2.68. The molecule has 0 radical (unpaired) electrons. The summed E-state index contributed by atoms with van der Waals surface area (Å²) in [6.45, 7) is 16.1. The standard InChI is InChI=1S/C18H42O4Si2/c1-7-11-15-19-23(5,6)24(20-16-12-8-2,21-17-13-9-3)22-18-14-10-4/h7-18H2,1-6H3. The van der Waals surface area contributed by atoms with Crippen molar-refractivity contribution in [2.45, 2.75) is 92.2 Å². The van der Waals surface area contributed by atoms with Crippen LogP contribution in [-0.4, -0.2) is 42.6 Å². The first-order valence-electron chi connectivity index (χ1n) is 10.0. The molecular weight excluding hydrogens is 336 g/mol. The van der Waals surface area contributed by atoms with Gasteiger partial charge in [0.15, 0.2) is 0 Å². The highest BCUT2D eigenvalue weighted by atomic mass is 29.3. The molecule has 0 aromatic rings. The van der Waals surface area contributed by atoms with Crippen molar-refractivity contribution in [3.05, 3.63) is 0 Å². The van der Waals surface area contributed by atoms with Crippen LogP contribution in [0.4, 0.5) is 0 Å². The van der Waals surface area contributed by atoms with E-state index in [1.165, 1.54) is 0 Å². The minimum absolute atomic E-state index is 0.717. The second-order valence-corrected chi connectivity index (χ2v) is 17.6. The first-order valence-corrected chi connectivity index (χ1v) is 15.7. The van der Waals surface area contributed by atoms with Gasteiger partial charge < -0.3 is 17.7 Å². The SMILES string of the molecule is CCCCO[Si](C)(C)[Si](OCCCC)(OCCCC)OCCCC. The molecule has 0 saturated carbocycles. The topological polar surface area (TPSA) is 36.9 Å². The molecule has 0 heterocycles. The van der Waals surface area contributed by atoms with Gasteiger partial charge in [-0.05, 0) is 38.8 Å². The Morgan fingerprint density at radius 1 is 0.500 bits per heavy atom. The molecule has 0 aromatic heterocycles. The van der Waals surface area contributed by atoms with Crippen molar-refractivity contribution in [3.63, 3.8) is 0 Å². The average molecular weight is 379 g/mol. The predicted molar refractivity (Wildman–Crippen MR) is 107 cm³/mol. The third-order valence-electron chi connectivity index (χ3n) is 4.07. The Hall–Kier alpha value is 0.274. The van der Waals surface area contributed by atoms with Crippen LogP contribution in [0.1, 0.15) is 79.1 Å². The zero-order valence-electron chi connectivity index (χ0n) is 17.1. The number of hydrogen-bond acceptors (Lipinski definition) is 4. The summed E-state index contributed by atoms with van der Waals surface area (Å²) in [4.78, 5) is 0. The van der Waals surface area contributed by atoms with E-state index in [1.807, 2.05) is 0 Å². The maximum Gasteiger partial charge on any atom is 0.503 e. The fraction of sp³-hybridized carbons (Fsp3) is 1.00. The van der Waals surface area contributed by atoms with Gasteiger partial charge in [0.1, 0.15) is 0 Å². The van der Waals surface area contributed by atoms with Crippen LogP contribution in [0.2, 0.25) is 13.1 Å². The Balaban J connectivity index is 5.14. The molecule has 0 bridgehead atoms. The summed E-state index contributed by atoms with van der Waals surface area (Å²) in [7, 11) is -4.97. The van der Waals surface area contributed by atoms with Crippen LogP contribution in [0.3, 0.4) is 0 Å². The molecule has 0 aliphatic heterocycles. The van der Waals surface area contributed by atoms with Crippen LogP contribution in [0.15, 0.2) is 0 Å². The van der Waals surface area contributed by atoms with Crippen LogP contribution < -0.4 is 0 Å². The van der Waals surface area contributed by atoms with Gasteiger partial charge in [0.25, 0.3) is 7.83 Å². The van der Waals surface area contributed by atoms with E-state index in [2.05, 4.69) is 40.8 Å². The zero-order valence-corrected chi connectivity index (χ0v) is 19.1. The Bertz CT molecular complexity index is 262. The van der Waals surface area contributed by atoms with E-state index in [1.54, 1.807) is 0 Å². The number of hydrogen-bond donors (Lipinski definition) is 0. The number of rotatable bonds is 17. The lowest BCUT2D eigenvalue weighted by Gasteiger charge is -2.39. The highest BCUT2D eigenvalue weighted by Gasteiger charge is 2.59. The normalized spacial score (nSPS) is 12.8. The third kappa shape index (κ3) is 9.10. The fourth-order valence-corrected chi connectivity index (χ4v) is 10.5. The van der Waals surface area contributed by atoms with Crippen molar-refractivity contribution >= 4 is 16.2 Å². The second-order valence-electron chi connectivity index (χ2n) is 6.87. The first kappa shape index (κ1) is 24.3. The lowest BCUT2D eigenvalue weighted by molar-refractivity contribution is 0.0671. The van der Waals surface area contributed by atoms with Gasteiger partial charge in [-0.3, -0.25) is 0 Å². The molecule has 4 nitrogen and oxygen atoms in total. The Labute approximate surface area is 152 Å². The molecule has 0 spiro atoms. The molecule has 0 N–H and O–H groups in total. The Morgan fingerprint density at radius 3 is 1.08 bits per heavy atom. The number of unbranched alkanes of at least 4 members (excludes halogenated alkanes) is 4. The first-order chi connectivity index (χ1) is 11.5. The van der Waals surface area contributed by atoms with E-state index in [4.69, 9.17) is 17.7 Å². The van der Waals surface area contributed by atoms with E-state index in [0.717, 1.165) is 58.0 Å². The maximum atomic E-state index is 6.39. The molecule has 0 rings (SSSR count). The summed E-state index contributed by atoms with van der Waals surface area (Å²) in [6.07, 6.45) is 8.71. The third-order valence-corrected chi connectivity index (χ3v) is 14.4. The molecule has 0 atom stereocenters. The van der Waals surface area contributed by atoms with Gasteiger partial charge in [-0.15, -0.1) is 0 Å². The van der Waals surface area contributed by atoms with E-state index < -0.39 is 16.2 Å². The molecule has 24 heavy (non-hydrogen) atoms.